The number of amides is 1. The van der Waals surface area contributed by atoms with Gasteiger partial charge < -0.3 is 15.4 Å². The Kier molecular flexibility index (Phi) is 7.48. The highest BCUT2D eigenvalue weighted by molar-refractivity contribution is 5.72. The molecule has 2 aromatic carbocycles. The van der Waals surface area contributed by atoms with E-state index in [1.165, 1.54) is 6.92 Å². The fourth-order valence-corrected chi connectivity index (χ4v) is 2.37. The Morgan fingerprint density at radius 2 is 2.00 bits per heavy atom. The first-order valence-electron chi connectivity index (χ1n) is 8.34. The first kappa shape index (κ1) is 18.5. The molecule has 0 bridgehead atoms. The molecule has 2 N–H and O–H groups in total. The summed E-state index contributed by atoms with van der Waals surface area (Å²) >= 11 is 0. The second-order valence-corrected chi connectivity index (χ2v) is 5.72. The third-order valence-electron chi connectivity index (χ3n) is 3.66. The van der Waals surface area contributed by atoms with Crippen LogP contribution in [0, 0.1) is 11.3 Å². The van der Waals surface area contributed by atoms with E-state index in [2.05, 4.69) is 16.7 Å². The molecular weight excluding hydrogens is 314 g/mol. The zero-order valence-corrected chi connectivity index (χ0v) is 14.4. The van der Waals surface area contributed by atoms with Crippen molar-refractivity contribution in [3.8, 4) is 11.8 Å². The molecule has 2 aromatic rings. The number of ether oxygens (including phenoxy) is 1. The van der Waals surface area contributed by atoms with Crippen LogP contribution >= 0.6 is 0 Å². The minimum Gasteiger partial charge on any atom is -0.489 e. The van der Waals surface area contributed by atoms with E-state index in [1.807, 2.05) is 42.5 Å². The Morgan fingerprint density at radius 1 is 1.16 bits per heavy atom. The molecule has 5 heteroatoms. The van der Waals surface area contributed by atoms with Crippen LogP contribution in [-0.4, -0.2) is 19.0 Å². The molecule has 0 unspecified atom stereocenters. The van der Waals surface area contributed by atoms with Crippen molar-refractivity contribution >= 4 is 5.91 Å². The molecule has 0 heterocycles. The second-order valence-electron chi connectivity index (χ2n) is 5.72. The van der Waals surface area contributed by atoms with E-state index < -0.39 is 0 Å². The molecule has 0 atom stereocenters. The van der Waals surface area contributed by atoms with Crippen LogP contribution in [0.25, 0.3) is 0 Å². The van der Waals surface area contributed by atoms with E-state index in [9.17, 15) is 4.79 Å². The zero-order valence-electron chi connectivity index (χ0n) is 14.4. The van der Waals surface area contributed by atoms with Gasteiger partial charge in [0.2, 0.25) is 5.91 Å². The number of nitrogens with zero attached hydrogens (tertiary/aromatic N) is 1. The monoisotopic (exact) mass is 337 g/mol. The number of hydrogen-bond acceptors (Lipinski definition) is 4. The Hall–Kier alpha value is -2.84. The van der Waals surface area contributed by atoms with E-state index in [-0.39, 0.29) is 5.91 Å². The van der Waals surface area contributed by atoms with Crippen molar-refractivity contribution in [2.75, 3.05) is 13.1 Å². The van der Waals surface area contributed by atoms with Crippen molar-refractivity contribution in [3.63, 3.8) is 0 Å². The van der Waals surface area contributed by atoms with Gasteiger partial charge in [-0.15, -0.1) is 0 Å². The lowest BCUT2D eigenvalue weighted by Gasteiger charge is -2.10. The lowest BCUT2D eigenvalue weighted by Crippen LogP contribution is -2.24. The van der Waals surface area contributed by atoms with Crippen molar-refractivity contribution in [2.24, 2.45) is 0 Å². The predicted molar refractivity (Wildman–Crippen MR) is 96.9 cm³/mol. The van der Waals surface area contributed by atoms with Gasteiger partial charge in [-0.1, -0.05) is 30.3 Å². The van der Waals surface area contributed by atoms with Crippen molar-refractivity contribution < 1.29 is 9.53 Å². The second kappa shape index (κ2) is 10.1. The van der Waals surface area contributed by atoms with Gasteiger partial charge in [-0.05, 0) is 36.7 Å². The van der Waals surface area contributed by atoms with Crippen LogP contribution in [0.2, 0.25) is 0 Å². The largest absolute Gasteiger partial charge is 0.489 e. The predicted octanol–water partition coefficient (Wildman–Crippen LogP) is 2.75. The van der Waals surface area contributed by atoms with Gasteiger partial charge >= 0.3 is 0 Å². The van der Waals surface area contributed by atoms with Crippen LogP contribution in [0.1, 0.15) is 30.0 Å². The van der Waals surface area contributed by atoms with Gasteiger partial charge in [0.1, 0.15) is 12.4 Å². The first-order valence-corrected chi connectivity index (χ1v) is 8.34. The van der Waals surface area contributed by atoms with Crippen molar-refractivity contribution in [1.82, 2.24) is 10.6 Å². The summed E-state index contributed by atoms with van der Waals surface area (Å²) in [7, 11) is 0. The number of hydrogen-bond donors (Lipinski definition) is 2. The highest BCUT2D eigenvalue weighted by Gasteiger charge is 2.03. The van der Waals surface area contributed by atoms with Gasteiger partial charge in [-0.25, -0.2) is 0 Å². The molecule has 25 heavy (non-hydrogen) atoms. The fourth-order valence-electron chi connectivity index (χ4n) is 2.37. The average Bonchev–Trinajstić information content (AvgIpc) is 2.63. The molecule has 0 saturated heterocycles. The Labute approximate surface area is 148 Å². The quantitative estimate of drug-likeness (QED) is 0.690. The topological polar surface area (TPSA) is 74.2 Å². The summed E-state index contributed by atoms with van der Waals surface area (Å²) in [5.74, 6) is 0.785. The summed E-state index contributed by atoms with van der Waals surface area (Å²) in [6, 6.07) is 17.5. The summed E-state index contributed by atoms with van der Waals surface area (Å²) in [4.78, 5) is 10.8. The Bertz CT molecular complexity index is 738. The van der Waals surface area contributed by atoms with Gasteiger partial charge in [0, 0.05) is 25.6 Å². The molecule has 0 fully saturated rings. The van der Waals surface area contributed by atoms with Crippen LogP contribution < -0.4 is 15.4 Å². The lowest BCUT2D eigenvalue weighted by atomic mass is 10.1. The summed E-state index contributed by atoms with van der Waals surface area (Å²) in [6.07, 6.45) is 0.890. The van der Waals surface area contributed by atoms with Crippen LogP contribution in [-0.2, 0) is 17.9 Å². The molecule has 0 aliphatic rings. The normalized spacial score (nSPS) is 10.1. The van der Waals surface area contributed by atoms with Crippen LogP contribution in [0.4, 0.5) is 0 Å². The maximum absolute atomic E-state index is 10.8. The smallest absolute Gasteiger partial charge is 0.216 e. The van der Waals surface area contributed by atoms with Crippen LogP contribution in [0.15, 0.2) is 48.5 Å². The van der Waals surface area contributed by atoms with E-state index in [0.29, 0.717) is 18.7 Å². The minimum atomic E-state index is 0.00261. The molecule has 5 nitrogen and oxygen atoms in total. The maximum Gasteiger partial charge on any atom is 0.216 e. The minimum absolute atomic E-state index is 0.00261. The number of nitriles is 1. The summed E-state index contributed by atoms with van der Waals surface area (Å²) in [5, 5.41) is 15.2. The van der Waals surface area contributed by atoms with Crippen LogP contribution in [0.5, 0.6) is 5.75 Å². The molecule has 2 rings (SSSR count). The highest BCUT2D eigenvalue weighted by atomic mass is 16.5. The summed E-state index contributed by atoms with van der Waals surface area (Å²) in [5.41, 5.74) is 2.65. The van der Waals surface area contributed by atoms with Crippen LogP contribution in [0.3, 0.4) is 0 Å². The molecule has 0 aliphatic carbocycles. The van der Waals surface area contributed by atoms with E-state index in [0.717, 1.165) is 36.4 Å². The molecule has 0 aromatic heterocycles. The number of nitrogens with one attached hydrogen (secondary N) is 2. The van der Waals surface area contributed by atoms with Gasteiger partial charge in [-0.2, -0.15) is 5.26 Å². The molecule has 0 aliphatic heterocycles. The number of rotatable bonds is 9. The van der Waals surface area contributed by atoms with Crippen molar-refractivity contribution in [1.29, 1.82) is 5.26 Å². The summed E-state index contributed by atoms with van der Waals surface area (Å²) < 4.78 is 5.82. The third-order valence-corrected chi connectivity index (χ3v) is 3.66. The SMILES string of the molecule is CC(=O)NCCCNCc1cccc(OCc2ccccc2C#N)c1. The first-order chi connectivity index (χ1) is 12.2. The molecule has 130 valence electrons. The number of carbonyl (C=O) groups is 1. The molecule has 0 radical (unpaired) electrons. The number of carbonyl (C=O) groups excluding carboxylic acids is 1. The fraction of sp³-hybridized carbons (Fsp3) is 0.300. The standard InChI is InChI=1S/C20H23N3O2/c1-16(24)23-11-5-10-22-14-17-6-4-9-20(12-17)25-15-19-8-3-2-7-18(19)13-21/h2-4,6-9,12,22H,5,10-11,14-15H2,1H3,(H,23,24). The Morgan fingerprint density at radius 3 is 2.80 bits per heavy atom. The van der Waals surface area contributed by atoms with E-state index >= 15 is 0 Å². The molecule has 0 spiro atoms. The Balaban J connectivity index is 1.79. The van der Waals surface area contributed by atoms with E-state index in [1.54, 1.807) is 6.07 Å². The van der Waals surface area contributed by atoms with Gasteiger partial charge in [0.05, 0.1) is 11.6 Å². The zero-order chi connectivity index (χ0) is 17.9. The molecule has 1 amide bonds. The third kappa shape index (κ3) is 6.66. The van der Waals surface area contributed by atoms with Gasteiger partial charge in [0.15, 0.2) is 0 Å². The lowest BCUT2D eigenvalue weighted by molar-refractivity contribution is -0.118. The average molecular weight is 337 g/mol. The van der Waals surface area contributed by atoms with Gasteiger partial charge in [-0.3, -0.25) is 4.79 Å². The summed E-state index contributed by atoms with van der Waals surface area (Å²) in [6.45, 7) is 4.15. The van der Waals surface area contributed by atoms with E-state index in [4.69, 9.17) is 10.00 Å². The van der Waals surface area contributed by atoms with Gasteiger partial charge in [0.25, 0.3) is 0 Å². The highest BCUT2D eigenvalue weighted by Crippen LogP contribution is 2.16. The molecular formula is C20H23N3O2. The number of benzene rings is 2. The van der Waals surface area contributed by atoms with Crippen molar-refractivity contribution in [2.45, 2.75) is 26.5 Å². The maximum atomic E-state index is 10.8. The van der Waals surface area contributed by atoms with Crippen molar-refractivity contribution in [3.05, 3.63) is 65.2 Å². The molecule has 0 saturated carbocycles.